The summed E-state index contributed by atoms with van der Waals surface area (Å²) in [6.07, 6.45) is -4.78. The summed E-state index contributed by atoms with van der Waals surface area (Å²) in [6, 6.07) is 9.08. The predicted molar refractivity (Wildman–Crippen MR) is 126 cm³/mol. The number of nitrogens with one attached hydrogen (secondary N) is 1. The van der Waals surface area contributed by atoms with E-state index in [4.69, 9.17) is 0 Å². The van der Waals surface area contributed by atoms with E-state index in [-0.39, 0.29) is 25.0 Å². The predicted octanol–water partition coefficient (Wildman–Crippen LogP) is 6.43. The first-order valence-corrected chi connectivity index (χ1v) is 12.8. The second kappa shape index (κ2) is 8.95. The van der Waals surface area contributed by atoms with E-state index in [1.807, 2.05) is 0 Å². The van der Waals surface area contributed by atoms with Crippen molar-refractivity contribution in [1.82, 2.24) is 4.72 Å². The zero-order chi connectivity index (χ0) is 28.4. The number of benzene rings is 2. The van der Waals surface area contributed by atoms with Gasteiger partial charge in [-0.3, -0.25) is 0 Å². The number of nitrogens with zero attached hydrogens (tertiary/aromatic N) is 1. The first-order chi connectivity index (χ1) is 17.4. The van der Waals surface area contributed by atoms with Crippen LogP contribution in [0.2, 0.25) is 0 Å². The molecule has 2 unspecified atom stereocenters. The van der Waals surface area contributed by atoms with E-state index >= 15 is 8.78 Å². The maximum absolute atomic E-state index is 16.5. The molecule has 3 saturated carbocycles. The Hall–Kier alpha value is -2.65. The van der Waals surface area contributed by atoms with Gasteiger partial charge in [-0.05, 0) is 75.3 Å². The molecule has 2 atom stereocenters. The third-order valence-corrected chi connectivity index (χ3v) is 8.95. The van der Waals surface area contributed by atoms with Gasteiger partial charge in [-0.1, -0.05) is 12.1 Å². The fourth-order valence-electron chi connectivity index (χ4n) is 5.42. The summed E-state index contributed by atoms with van der Waals surface area (Å²) in [4.78, 5) is 0. The number of hydrogen-bond acceptors (Lipinski definition) is 3. The highest BCUT2D eigenvalue weighted by atomic mass is 32.2. The Labute approximate surface area is 217 Å². The van der Waals surface area contributed by atoms with Crippen molar-refractivity contribution in [3.63, 3.8) is 0 Å². The molecular weight excluding hydrogens is 537 g/mol. The molecule has 12 heteroatoms. The van der Waals surface area contributed by atoms with Crippen LogP contribution in [0.5, 0.6) is 5.75 Å². The van der Waals surface area contributed by atoms with E-state index in [0.717, 1.165) is 12.1 Å². The Morgan fingerprint density at radius 2 is 1.58 bits per heavy atom. The molecule has 4 nitrogen and oxygen atoms in total. The topological polar surface area (TPSA) is 62.1 Å². The van der Waals surface area contributed by atoms with Crippen molar-refractivity contribution in [2.45, 2.75) is 67.8 Å². The van der Waals surface area contributed by atoms with Gasteiger partial charge in [-0.2, -0.15) is 18.4 Å². The Balaban J connectivity index is 1.64. The van der Waals surface area contributed by atoms with Crippen molar-refractivity contribution < 1.29 is 39.7 Å². The van der Waals surface area contributed by atoms with E-state index < -0.39 is 68.0 Å². The van der Waals surface area contributed by atoms with Gasteiger partial charge >= 0.3 is 6.18 Å². The lowest BCUT2D eigenvalue weighted by Crippen LogP contribution is -2.77. The van der Waals surface area contributed by atoms with Crippen LogP contribution in [0.1, 0.15) is 51.2 Å². The summed E-state index contributed by atoms with van der Waals surface area (Å²) >= 11 is 0. The van der Waals surface area contributed by atoms with Crippen molar-refractivity contribution in [1.29, 1.82) is 5.26 Å². The molecule has 0 aliphatic heterocycles. The number of nitriles is 1. The standard InChI is InChI=1S/C26H25F7N2O2S/c1-21(2,3)38(36)35-24(14-34,19-9-6-17(27)10-20(19)28)26(32,33)23-11-22(12-23,13-23)16-4-7-18(8-5-16)37-15-25(29,30)31/h4-10,35H,11-13,15H2,1-3H3. The van der Waals surface area contributed by atoms with E-state index in [1.54, 1.807) is 0 Å². The summed E-state index contributed by atoms with van der Waals surface area (Å²) in [5.41, 5.74) is -5.70. The van der Waals surface area contributed by atoms with Gasteiger partial charge in [0.1, 0.15) is 17.4 Å². The Morgan fingerprint density at radius 1 is 1.00 bits per heavy atom. The van der Waals surface area contributed by atoms with Crippen LogP contribution in [0, 0.1) is 28.4 Å². The first kappa shape index (κ1) is 28.4. The van der Waals surface area contributed by atoms with Gasteiger partial charge in [0, 0.05) is 17.0 Å². The molecular formula is C26H25F7N2O2S. The van der Waals surface area contributed by atoms with E-state index in [1.165, 1.54) is 51.1 Å². The minimum absolute atomic E-state index is 0.0261. The Kier molecular flexibility index (Phi) is 6.68. The molecule has 3 aliphatic rings. The van der Waals surface area contributed by atoms with Crippen LogP contribution in [-0.2, 0) is 21.9 Å². The van der Waals surface area contributed by atoms with E-state index in [2.05, 4.69) is 9.46 Å². The number of rotatable bonds is 8. The third-order valence-electron chi connectivity index (χ3n) is 7.34. The molecule has 2 aromatic carbocycles. The second-order valence-electron chi connectivity index (χ2n) is 11.1. The quantitative estimate of drug-likeness (QED) is 0.377. The summed E-state index contributed by atoms with van der Waals surface area (Å²) < 4.78 is 117. The molecule has 3 fully saturated rings. The lowest BCUT2D eigenvalue weighted by molar-refractivity contribution is -0.302. The van der Waals surface area contributed by atoms with Crippen LogP contribution < -0.4 is 9.46 Å². The highest BCUT2D eigenvalue weighted by molar-refractivity contribution is 7.84. The van der Waals surface area contributed by atoms with Gasteiger partial charge < -0.3 is 4.74 Å². The maximum atomic E-state index is 16.5. The van der Waals surface area contributed by atoms with Crippen LogP contribution in [0.25, 0.3) is 0 Å². The molecule has 2 aromatic rings. The van der Waals surface area contributed by atoms with Crippen LogP contribution >= 0.6 is 0 Å². The van der Waals surface area contributed by atoms with Gasteiger partial charge in [-0.25, -0.2) is 26.5 Å². The van der Waals surface area contributed by atoms with Gasteiger partial charge in [0.15, 0.2) is 6.61 Å². The molecule has 0 heterocycles. The highest BCUT2D eigenvalue weighted by Crippen LogP contribution is 2.80. The summed E-state index contributed by atoms with van der Waals surface area (Å²) in [7, 11) is -2.23. The molecule has 38 heavy (non-hydrogen) atoms. The molecule has 0 radical (unpaired) electrons. The zero-order valence-corrected chi connectivity index (χ0v) is 21.5. The fraction of sp³-hybridized carbons (Fsp3) is 0.500. The van der Waals surface area contributed by atoms with Crippen molar-refractivity contribution in [2.24, 2.45) is 5.41 Å². The van der Waals surface area contributed by atoms with Gasteiger partial charge in [0.25, 0.3) is 5.92 Å². The Bertz CT molecular complexity index is 1280. The summed E-state index contributed by atoms with van der Waals surface area (Å²) in [6.45, 7) is 3.02. The summed E-state index contributed by atoms with van der Waals surface area (Å²) in [5, 5.41) is 10.1. The molecule has 5 rings (SSSR count). The lowest BCUT2D eigenvalue weighted by Gasteiger charge is -2.74. The average molecular weight is 563 g/mol. The number of ether oxygens (including phenoxy) is 1. The van der Waals surface area contributed by atoms with Crippen LogP contribution in [-0.4, -0.2) is 27.7 Å². The van der Waals surface area contributed by atoms with E-state index in [0.29, 0.717) is 11.6 Å². The molecule has 206 valence electrons. The molecule has 1 N–H and O–H groups in total. The molecule has 2 bridgehead atoms. The normalized spacial score (nSPS) is 25.4. The molecule has 3 aliphatic carbocycles. The largest absolute Gasteiger partial charge is 0.484 e. The van der Waals surface area contributed by atoms with Gasteiger partial charge in [0.2, 0.25) is 5.54 Å². The molecule has 0 saturated heterocycles. The van der Waals surface area contributed by atoms with Crippen molar-refractivity contribution >= 4 is 11.0 Å². The Morgan fingerprint density at radius 3 is 2.05 bits per heavy atom. The van der Waals surface area contributed by atoms with Crippen LogP contribution in [0.15, 0.2) is 42.5 Å². The lowest BCUT2D eigenvalue weighted by atomic mass is 9.30. The number of halogens is 7. The number of hydrogen-bond donors (Lipinski definition) is 1. The number of alkyl halides is 5. The minimum atomic E-state index is -4.51. The van der Waals surface area contributed by atoms with E-state index in [9.17, 15) is 31.4 Å². The van der Waals surface area contributed by atoms with Crippen molar-refractivity contribution in [3.05, 3.63) is 65.2 Å². The SMILES string of the molecule is CC(C)(C)S(=O)NC(C#N)(c1ccc(F)cc1F)C(F)(F)C12CC(c3ccc(OCC(F)(F)F)cc3)(C1)C2. The van der Waals surface area contributed by atoms with Crippen molar-refractivity contribution in [3.8, 4) is 11.8 Å². The fourth-order valence-corrected chi connectivity index (χ4v) is 6.29. The van der Waals surface area contributed by atoms with Gasteiger partial charge in [0.05, 0.1) is 21.8 Å². The first-order valence-electron chi connectivity index (χ1n) is 11.6. The van der Waals surface area contributed by atoms with Crippen LogP contribution in [0.4, 0.5) is 30.7 Å². The monoisotopic (exact) mass is 562 g/mol. The van der Waals surface area contributed by atoms with Gasteiger partial charge in [-0.15, -0.1) is 0 Å². The minimum Gasteiger partial charge on any atom is -0.484 e. The van der Waals surface area contributed by atoms with Crippen LogP contribution in [0.3, 0.4) is 0 Å². The average Bonchev–Trinajstić information content (AvgIpc) is 2.73. The highest BCUT2D eigenvalue weighted by Gasteiger charge is 2.82. The second-order valence-corrected chi connectivity index (χ2v) is 13.0. The summed E-state index contributed by atoms with van der Waals surface area (Å²) in [5.74, 6) is -6.36. The van der Waals surface area contributed by atoms with Crippen molar-refractivity contribution in [2.75, 3.05) is 6.61 Å². The molecule has 0 aromatic heterocycles. The third kappa shape index (κ3) is 4.47. The zero-order valence-electron chi connectivity index (χ0n) is 20.7. The maximum Gasteiger partial charge on any atom is 0.422 e. The smallest absolute Gasteiger partial charge is 0.422 e. The molecule has 0 spiro atoms. The molecule has 0 amide bonds.